The summed E-state index contributed by atoms with van der Waals surface area (Å²) < 4.78 is 40.6. The molecule has 0 radical (unpaired) electrons. The van der Waals surface area contributed by atoms with Crippen molar-refractivity contribution in [3.8, 4) is 16.9 Å². The molecule has 0 unspecified atom stereocenters. The Morgan fingerprint density at radius 2 is 1.61 bits per heavy atom. The summed E-state index contributed by atoms with van der Waals surface area (Å²) in [4.78, 5) is 14.9. The number of nitrogens with two attached hydrogens (primary N) is 1. The standard InChI is InChI=1S/C25H29F3N4O/c1-16(2)14-31(15-17(3)4)24(33)18-8-10-21(11-9-18)32-23(29)13-22(30-32)19-6-5-7-20(12-19)25(26,27)28/h5-13,16-17H,14-15,29H2,1-4H3. The molecule has 0 fully saturated rings. The molecule has 0 aliphatic rings. The summed E-state index contributed by atoms with van der Waals surface area (Å²) in [5.41, 5.74) is 7.17. The zero-order chi connectivity index (χ0) is 24.3. The number of nitrogen functional groups attached to an aromatic ring is 1. The van der Waals surface area contributed by atoms with Gasteiger partial charge in [-0.15, -0.1) is 0 Å². The van der Waals surface area contributed by atoms with Gasteiger partial charge >= 0.3 is 6.18 Å². The first-order valence-electron chi connectivity index (χ1n) is 10.9. The fourth-order valence-corrected chi connectivity index (χ4v) is 3.65. The van der Waals surface area contributed by atoms with E-state index in [2.05, 4.69) is 32.8 Å². The summed E-state index contributed by atoms with van der Waals surface area (Å²) in [6.07, 6.45) is -4.44. The van der Waals surface area contributed by atoms with E-state index in [9.17, 15) is 18.0 Å². The van der Waals surface area contributed by atoms with Gasteiger partial charge in [0.2, 0.25) is 0 Å². The highest BCUT2D eigenvalue weighted by atomic mass is 19.4. The number of nitrogens with zero attached hydrogens (tertiary/aromatic N) is 3. The van der Waals surface area contributed by atoms with Crippen molar-refractivity contribution in [1.29, 1.82) is 0 Å². The highest BCUT2D eigenvalue weighted by Crippen LogP contribution is 2.32. The molecule has 2 N–H and O–H groups in total. The molecule has 0 saturated carbocycles. The number of rotatable bonds is 7. The molecule has 2 aromatic carbocycles. The van der Waals surface area contributed by atoms with Crippen LogP contribution in [0.15, 0.2) is 54.6 Å². The molecule has 1 aromatic heterocycles. The molecule has 0 saturated heterocycles. The topological polar surface area (TPSA) is 64.2 Å². The number of carbonyl (C=O) groups is 1. The van der Waals surface area contributed by atoms with E-state index in [-0.39, 0.29) is 11.7 Å². The van der Waals surface area contributed by atoms with Crippen LogP contribution in [0.3, 0.4) is 0 Å². The third-order valence-electron chi connectivity index (χ3n) is 5.04. The van der Waals surface area contributed by atoms with E-state index in [1.54, 1.807) is 30.3 Å². The molecule has 5 nitrogen and oxygen atoms in total. The van der Waals surface area contributed by atoms with Crippen LogP contribution in [0.25, 0.3) is 16.9 Å². The number of carbonyl (C=O) groups excluding carboxylic acids is 1. The van der Waals surface area contributed by atoms with Gasteiger partial charge < -0.3 is 10.6 Å². The molecule has 0 bridgehead atoms. The molecule has 1 amide bonds. The minimum absolute atomic E-state index is 0.0398. The molecule has 3 rings (SSSR count). The van der Waals surface area contributed by atoms with Crippen LogP contribution < -0.4 is 5.73 Å². The van der Waals surface area contributed by atoms with Gasteiger partial charge in [-0.1, -0.05) is 39.8 Å². The maximum absolute atomic E-state index is 13.1. The number of alkyl halides is 3. The van der Waals surface area contributed by atoms with Gasteiger partial charge in [-0.3, -0.25) is 4.79 Å². The van der Waals surface area contributed by atoms with E-state index in [4.69, 9.17) is 5.73 Å². The lowest BCUT2D eigenvalue weighted by Crippen LogP contribution is -2.37. The lowest BCUT2D eigenvalue weighted by Gasteiger charge is -2.26. The Bertz CT molecular complexity index is 1090. The van der Waals surface area contributed by atoms with Crippen molar-refractivity contribution in [3.05, 3.63) is 65.7 Å². The first kappa shape index (κ1) is 24.4. The van der Waals surface area contributed by atoms with E-state index < -0.39 is 11.7 Å². The summed E-state index contributed by atoms with van der Waals surface area (Å²) in [7, 11) is 0. The van der Waals surface area contributed by atoms with Gasteiger partial charge in [0.05, 0.1) is 16.9 Å². The van der Waals surface area contributed by atoms with Gasteiger partial charge in [0.1, 0.15) is 5.82 Å². The molecule has 0 aliphatic carbocycles. The summed E-state index contributed by atoms with van der Waals surface area (Å²) in [6, 6.07) is 13.4. The maximum Gasteiger partial charge on any atom is 0.416 e. The van der Waals surface area contributed by atoms with Crippen molar-refractivity contribution in [2.75, 3.05) is 18.8 Å². The molecule has 176 valence electrons. The Labute approximate surface area is 192 Å². The number of benzene rings is 2. The van der Waals surface area contributed by atoms with E-state index in [0.717, 1.165) is 12.1 Å². The van der Waals surface area contributed by atoms with Crippen LogP contribution in [0.1, 0.15) is 43.6 Å². The maximum atomic E-state index is 13.1. The van der Waals surface area contributed by atoms with E-state index in [1.807, 2.05) is 4.90 Å². The quantitative estimate of drug-likeness (QED) is 0.480. The highest BCUT2D eigenvalue weighted by molar-refractivity contribution is 5.94. The number of amides is 1. The Morgan fingerprint density at radius 1 is 1.00 bits per heavy atom. The first-order chi connectivity index (χ1) is 15.5. The average molecular weight is 459 g/mol. The summed E-state index contributed by atoms with van der Waals surface area (Å²) in [6.45, 7) is 9.65. The predicted octanol–water partition coefficient (Wildman–Crippen LogP) is 5.89. The Hall–Kier alpha value is -3.29. The molecule has 8 heteroatoms. The normalized spacial score (nSPS) is 11.9. The third kappa shape index (κ3) is 5.94. The smallest absolute Gasteiger partial charge is 0.384 e. The number of hydrogen-bond acceptors (Lipinski definition) is 3. The predicted molar refractivity (Wildman–Crippen MR) is 124 cm³/mol. The Balaban J connectivity index is 1.86. The monoisotopic (exact) mass is 458 g/mol. The third-order valence-corrected chi connectivity index (χ3v) is 5.04. The van der Waals surface area contributed by atoms with Gasteiger partial charge in [0, 0.05) is 30.3 Å². The lowest BCUT2D eigenvalue weighted by atomic mass is 10.1. The number of hydrogen-bond donors (Lipinski definition) is 1. The molecular weight excluding hydrogens is 429 g/mol. The summed E-state index contributed by atoms with van der Waals surface area (Å²) in [5, 5.41) is 4.39. The highest BCUT2D eigenvalue weighted by Gasteiger charge is 2.30. The lowest BCUT2D eigenvalue weighted by molar-refractivity contribution is -0.137. The van der Waals surface area contributed by atoms with Gasteiger partial charge in [0.25, 0.3) is 5.91 Å². The average Bonchev–Trinajstić information content (AvgIpc) is 3.13. The van der Waals surface area contributed by atoms with Crippen LogP contribution in [0, 0.1) is 11.8 Å². The van der Waals surface area contributed by atoms with Gasteiger partial charge in [-0.2, -0.15) is 18.3 Å². The minimum atomic E-state index is -4.44. The summed E-state index contributed by atoms with van der Waals surface area (Å²) in [5.74, 6) is 0.944. The van der Waals surface area contributed by atoms with Crippen LogP contribution in [-0.4, -0.2) is 33.7 Å². The molecule has 0 aliphatic heterocycles. The number of anilines is 1. The second-order valence-electron chi connectivity index (χ2n) is 8.99. The van der Waals surface area contributed by atoms with Crippen LogP contribution in [-0.2, 0) is 6.18 Å². The second-order valence-corrected chi connectivity index (χ2v) is 8.99. The molecule has 3 aromatic rings. The molecular formula is C25H29F3N4O. The summed E-state index contributed by atoms with van der Waals surface area (Å²) >= 11 is 0. The van der Waals surface area contributed by atoms with Crippen LogP contribution in [0.2, 0.25) is 0 Å². The van der Waals surface area contributed by atoms with E-state index in [1.165, 1.54) is 16.8 Å². The van der Waals surface area contributed by atoms with Crippen molar-refractivity contribution in [3.63, 3.8) is 0 Å². The van der Waals surface area contributed by atoms with Crippen molar-refractivity contribution in [2.24, 2.45) is 11.8 Å². The van der Waals surface area contributed by atoms with Crippen LogP contribution in [0.4, 0.5) is 19.0 Å². The molecule has 0 atom stereocenters. The van der Waals surface area contributed by atoms with Gasteiger partial charge in [0.15, 0.2) is 0 Å². The fraction of sp³-hybridized carbons (Fsp3) is 0.360. The van der Waals surface area contributed by atoms with E-state index in [0.29, 0.717) is 47.4 Å². The largest absolute Gasteiger partial charge is 0.416 e. The second kappa shape index (κ2) is 9.68. The van der Waals surface area contributed by atoms with Crippen LogP contribution >= 0.6 is 0 Å². The van der Waals surface area contributed by atoms with Crippen molar-refractivity contribution in [2.45, 2.75) is 33.9 Å². The molecule has 33 heavy (non-hydrogen) atoms. The SMILES string of the molecule is CC(C)CN(CC(C)C)C(=O)c1ccc(-n2nc(-c3cccc(C(F)(F)F)c3)cc2N)cc1. The van der Waals surface area contributed by atoms with Gasteiger partial charge in [-0.05, 0) is 48.2 Å². The van der Waals surface area contributed by atoms with Crippen LogP contribution in [0.5, 0.6) is 0 Å². The minimum Gasteiger partial charge on any atom is -0.384 e. The number of halogens is 3. The van der Waals surface area contributed by atoms with Crippen molar-refractivity contribution < 1.29 is 18.0 Å². The first-order valence-corrected chi connectivity index (χ1v) is 10.9. The zero-order valence-corrected chi connectivity index (χ0v) is 19.2. The molecule has 0 spiro atoms. The van der Waals surface area contributed by atoms with Gasteiger partial charge in [-0.25, -0.2) is 4.68 Å². The van der Waals surface area contributed by atoms with E-state index >= 15 is 0 Å². The van der Waals surface area contributed by atoms with Crippen molar-refractivity contribution >= 4 is 11.7 Å². The number of aromatic nitrogens is 2. The zero-order valence-electron chi connectivity index (χ0n) is 19.2. The Kier molecular flexibility index (Phi) is 7.15. The van der Waals surface area contributed by atoms with Crippen molar-refractivity contribution in [1.82, 2.24) is 14.7 Å². The Morgan fingerprint density at radius 3 is 2.15 bits per heavy atom. The molecule has 1 heterocycles. The fourth-order valence-electron chi connectivity index (χ4n) is 3.65.